The number of nitrogens with zero attached hydrogens (tertiary/aromatic N) is 2. The van der Waals surface area contributed by atoms with Gasteiger partial charge in [0.2, 0.25) is 0 Å². The molecule has 1 atom stereocenters. The monoisotopic (exact) mass is 296 g/mol. The summed E-state index contributed by atoms with van der Waals surface area (Å²) in [5, 5.41) is 8.99. The molecule has 5 heteroatoms. The van der Waals surface area contributed by atoms with Crippen molar-refractivity contribution in [3.8, 4) is 0 Å². The van der Waals surface area contributed by atoms with E-state index in [1.54, 1.807) is 11.8 Å². The molecule has 1 unspecified atom stereocenters. The van der Waals surface area contributed by atoms with Crippen LogP contribution in [0, 0.1) is 17.3 Å². The van der Waals surface area contributed by atoms with Gasteiger partial charge in [-0.05, 0) is 18.3 Å². The van der Waals surface area contributed by atoms with E-state index in [0.717, 1.165) is 25.9 Å². The van der Waals surface area contributed by atoms with E-state index in [1.807, 2.05) is 4.90 Å². The Hall–Kier alpha value is -1.26. The van der Waals surface area contributed by atoms with Crippen molar-refractivity contribution in [3.63, 3.8) is 0 Å². The second kappa shape index (κ2) is 6.24. The third-order valence-electron chi connectivity index (χ3n) is 5.87. The normalized spacial score (nSPS) is 23.6. The highest BCUT2D eigenvalue weighted by Crippen LogP contribution is 2.38. The number of rotatable bonds is 4. The first-order valence-corrected chi connectivity index (χ1v) is 8.19. The molecule has 2 rings (SSSR count). The summed E-state index contributed by atoms with van der Waals surface area (Å²) in [5.41, 5.74) is 0.423. The summed E-state index contributed by atoms with van der Waals surface area (Å²) in [6.07, 6.45) is 4.56. The lowest BCUT2D eigenvalue weighted by atomic mass is 9.74. The summed E-state index contributed by atoms with van der Waals surface area (Å²) < 4.78 is 0. The minimum absolute atomic E-state index is 0.102. The second-order valence-electron chi connectivity index (χ2n) is 6.77. The molecule has 0 radical (unpaired) electrons. The van der Waals surface area contributed by atoms with Crippen molar-refractivity contribution in [2.75, 3.05) is 26.2 Å². The number of urea groups is 1. The fraction of sp³-hybridized carbons (Fsp3) is 0.875. The van der Waals surface area contributed by atoms with Crippen LogP contribution in [0.5, 0.6) is 0 Å². The molecular formula is C16H28N2O3. The maximum atomic E-state index is 12.4. The summed E-state index contributed by atoms with van der Waals surface area (Å²) >= 11 is 0. The van der Waals surface area contributed by atoms with Crippen LogP contribution in [0.25, 0.3) is 0 Å². The number of carboxylic acid groups (broad SMARTS) is 1. The minimum Gasteiger partial charge on any atom is -0.481 e. The summed E-state index contributed by atoms with van der Waals surface area (Å²) in [4.78, 5) is 27.1. The topological polar surface area (TPSA) is 60.9 Å². The fourth-order valence-electron chi connectivity index (χ4n) is 3.52. The molecule has 0 aromatic carbocycles. The van der Waals surface area contributed by atoms with Gasteiger partial charge >= 0.3 is 12.0 Å². The molecule has 120 valence electrons. The summed E-state index contributed by atoms with van der Waals surface area (Å²) in [6.45, 7) is 9.09. The van der Waals surface area contributed by atoms with Gasteiger partial charge in [-0.1, -0.05) is 33.6 Å². The summed E-state index contributed by atoms with van der Waals surface area (Å²) in [5.74, 6) is -1.01. The Morgan fingerprint density at radius 3 is 2.10 bits per heavy atom. The number of carboxylic acids is 1. The van der Waals surface area contributed by atoms with Crippen LogP contribution in [0.3, 0.4) is 0 Å². The average Bonchev–Trinajstić information content (AvgIpc) is 2.45. The molecule has 5 nitrogen and oxygen atoms in total. The quantitative estimate of drug-likeness (QED) is 0.867. The molecule has 0 spiro atoms. The van der Waals surface area contributed by atoms with Gasteiger partial charge in [0.1, 0.15) is 0 Å². The number of hydrogen-bond donors (Lipinski definition) is 1. The number of piperidine rings is 1. The van der Waals surface area contributed by atoms with Gasteiger partial charge in [0, 0.05) is 32.1 Å². The third-order valence-corrected chi connectivity index (χ3v) is 5.87. The smallest absolute Gasteiger partial charge is 0.320 e. The van der Waals surface area contributed by atoms with Gasteiger partial charge < -0.3 is 14.9 Å². The lowest BCUT2D eigenvalue weighted by molar-refractivity contribution is -0.145. The highest BCUT2D eigenvalue weighted by molar-refractivity contribution is 5.76. The van der Waals surface area contributed by atoms with Crippen LogP contribution < -0.4 is 0 Å². The molecule has 0 saturated carbocycles. The number of hydrogen-bond acceptors (Lipinski definition) is 2. The standard InChI is InChI=1S/C16H28N2O3/c1-4-16(5-2)6-8-17(9-7-16)15(21)18-10-13(11-18)12(3)14(19)20/h12-13H,4-11H2,1-3H3,(H,19,20). The van der Waals surface area contributed by atoms with Crippen LogP contribution in [0.4, 0.5) is 4.79 Å². The minimum atomic E-state index is -0.763. The Morgan fingerprint density at radius 1 is 1.14 bits per heavy atom. The largest absolute Gasteiger partial charge is 0.481 e. The van der Waals surface area contributed by atoms with Gasteiger partial charge in [0.15, 0.2) is 0 Å². The van der Waals surface area contributed by atoms with Gasteiger partial charge in [-0.3, -0.25) is 4.79 Å². The number of carbonyl (C=O) groups is 2. The van der Waals surface area contributed by atoms with Crippen LogP contribution in [0.2, 0.25) is 0 Å². The second-order valence-corrected chi connectivity index (χ2v) is 6.77. The molecule has 21 heavy (non-hydrogen) atoms. The lowest BCUT2D eigenvalue weighted by Gasteiger charge is -2.46. The molecule has 0 aliphatic carbocycles. The van der Waals surface area contributed by atoms with Gasteiger partial charge in [-0.2, -0.15) is 0 Å². The molecule has 2 saturated heterocycles. The van der Waals surface area contributed by atoms with Gasteiger partial charge in [-0.15, -0.1) is 0 Å². The van der Waals surface area contributed by atoms with E-state index in [-0.39, 0.29) is 17.9 Å². The van der Waals surface area contributed by atoms with Crippen LogP contribution in [0.1, 0.15) is 46.5 Å². The predicted octanol–water partition coefficient (Wildman–Crippen LogP) is 2.66. The van der Waals surface area contributed by atoms with E-state index in [1.165, 1.54) is 12.8 Å². The van der Waals surface area contributed by atoms with Crippen molar-refractivity contribution in [1.29, 1.82) is 0 Å². The first-order valence-electron chi connectivity index (χ1n) is 8.19. The van der Waals surface area contributed by atoms with Crippen LogP contribution in [-0.2, 0) is 4.79 Å². The van der Waals surface area contributed by atoms with Gasteiger partial charge in [0.25, 0.3) is 0 Å². The molecule has 1 N–H and O–H groups in total. The SMILES string of the molecule is CCC1(CC)CCN(C(=O)N2CC(C(C)C(=O)O)C2)CC1. The molecule has 2 aliphatic heterocycles. The van der Waals surface area contributed by atoms with E-state index in [2.05, 4.69) is 13.8 Å². The Kier molecular flexibility index (Phi) is 4.79. The Balaban J connectivity index is 1.81. The Labute approximate surface area is 127 Å². The van der Waals surface area contributed by atoms with E-state index < -0.39 is 5.97 Å². The van der Waals surface area contributed by atoms with Gasteiger partial charge in [0.05, 0.1) is 5.92 Å². The van der Waals surface area contributed by atoms with Crippen molar-refractivity contribution in [1.82, 2.24) is 9.80 Å². The molecule has 0 aromatic rings. The molecule has 0 aromatic heterocycles. The zero-order valence-electron chi connectivity index (χ0n) is 13.5. The third kappa shape index (κ3) is 3.16. The lowest BCUT2D eigenvalue weighted by Crippen LogP contribution is -2.58. The fourth-order valence-corrected chi connectivity index (χ4v) is 3.52. The average molecular weight is 296 g/mol. The highest BCUT2D eigenvalue weighted by Gasteiger charge is 2.40. The number of likely N-dealkylation sites (tertiary alicyclic amines) is 2. The first-order chi connectivity index (χ1) is 9.92. The first kappa shape index (κ1) is 16.1. The molecule has 0 bridgehead atoms. The van der Waals surface area contributed by atoms with Crippen molar-refractivity contribution >= 4 is 12.0 Å². The summed E-state index contributed by atoms with van der Waals surface area (Å²) in [7, 11) is 0. The van der Waals surface area contributed by atoms with Crippen LogP contribution in [0.15, 0.2) is 0 Å². The van der Waals surface area contributed by atoms with Crippen LogP contribution >= 0.6 is 0 Å². The van der Waals surface area contributed by atoms with Crippen LogP contribution in [-0.4, -0.2) is 53.1 Å². The molecule has 2 aliphatic rings. The number of carbonyl (C=O) groups excluding carboxylic acids is 1. The van der Waals surface area contributed by atoms with Crippen molar-refractivity contribution in [3.05, 3.63) is 0 Å². The van der Waals surface area contributed by atoms with Gasteiger partial charge in [-0.25, -0.2) is 4.79 Å². The maximum absolute atomic E-state index is 12.4. The van der Waals surface area contributed by atoms with E-state index >= 15 is 0 Å². The predicted molar refractivity (Wildman–Crippen MR) is 81.1 cm³/mol. The summed E-state index contributed by atoms with van der Waals surface area (Å²) in [6, 6.07) is 0.102. The zero-order chi connectivity index (χ0) is 15.6. The Bertz CT molecular complexity index is 390. The number of amides is 2. The molecule has 2 amide bonds. The Morgan fingerprint density at radius 2 is 1.67 bits per heavy atom. The van der Waals surface area contributed by atoms with E-state index in [9.17, 15) is 9.59 Å². The number of aliphatic carboxylic acids is 1. The van der Waals surface area contributed by atoms with Crippen molar-refractivity contribution in [2.45, 2.75) is 46.5 Å². The van der Waals surface area contributed by atoms with Crippen molar-refractivity contribution in [2.24, 2.45) is 17.3 Å². The molecule has 2 fully saturated rings. The molecule has 2 heterocycles. The highest BCUT2D eigenvalue weighted by atomic mass is 16.4. The van der Waals surface area contributed by atoms with E-state index in [4.69, 9.17) is 5.11 Å². The molecular weight excluding hydrogens is 268 g/mol. The van der Waals surface area contributed by atoms with Crippen molar-refractivity contribution < 1.29 is 14.7 Å². The maximum Gasteiger partial charge on any atom is 0.320 e. The van der Waals surface area contributed by atoms with E-state index in [0.29, 0.717) is 18.5 Å². The zero-order valence-corrected chi connectivity index (χ0v) is 13.5.